The molecule has 5 nitrogen and oxygen atoms in total. The Morgan fingerprint density at radius 3 is 2.27 bits per heavy atom. The molecule has 2 heterocycles. The molecule has 120 valence electrons. The molecule has 3 rings (SSSR count). The van der Waals surface area contributed by atoms with Crippen molar-refractivity contribution in [2.24, 2.45) is 0 Å². The summed E-state index contributed by atoms with van der Waals surface area (Å²) in [7, 11) is 2.12. The predicted molar refractivity (Wildman–Crippen MR) is 90.5 cm³/mol. The molecule has 2 aliphatic rings. The maximum atomic E-state index is 12.1. The molecule has 0 radical (unpaired) electrons. The van der Waals surface area contributed by atoms with Gasteiger partial charge in [0.2, 0.25) is 5.91 Å². The molecule has 0 bridgehead atoms. The van der Waals surface area contributed by atoms with Gasteiger partial charge in [0.25, 0.3) is 0 Å². The quantitative estimate of drug-likeness (QED) is 0.914. The van der Waals surface area contributed by atoms with E-state index in [2.05, 4.69) is 39.2 Å². The molecule has 5 heteroatoms. The fraction of sp³-hybridized carbons (Fsp3) is 0.588. The van der Waals surface area contributed by atoms with Crippen molar-refractivity contribution in [3.63, 3.8) is 0 Å². The first-order chi connectivity index (χ1) is 10.7. The zero-order valence-electron chi connectivity index (χ0n) is 13.4. The van der Waals surface area contributed by atoms with Crippen LogP contribution in [0, 0.1) is 0 Å². The smallest absolute Gasteiger partial charge is 0.238 e. The van der Waals surface area contributed by atoms with Gasteiger partial charge < -0.3 is 15.1 Å². The maximum absolute atomic E-state index is 12.1. The molecule has 22 heavy (non-hydrogen) atoms. The van der Waals surface area contributed by atoms with E-state index in [1.54, 1.807) is 0 Å². The van der Waals surface area contributed by atoms with Crippen molar-refractivity contribution in [1.29, 1.82) is 0 Å². The summed E-state index contributed by atoms with van der Waals surface area (Å²) >= 11 is 0. The van der Waals surface area contributed by atoms with Gasteiger partial charge in [0.1, 0.15) is 0 Å². The highest BCUT2D eigenvalue weighted by molar-refractivity contribution is 5.92. The van der Waals surface area contributed by atoms with Crippen LogP contribution in [0.3, 0.4) is 0 Å². The fourth-order valence-electron chi connectivity index (χ4n) is 3.14. The summed E-state index contributed by atoms with van der Waals surface area (Å²) in [5, 5.41) is 3.01. The van der Waals surface area contributed by atoms with Gasteiger partial charge in [0, 0.05) is 50.6 Å². The normalized spacial score (nSPS) is 20.3. The number of nitrogens with one attached hydrogen (secondary N) is 1. The monoisotopic (exact) mass is 302 g/mol. The van der Waals surface area contributed by atoms with Gasteiger partial charge >= 0.3 is 0 Å². The number of rotatable bonds is 4. The average Bonchev–Trinajstić information content (AvgIpc) is 3.05. The zero-order valence-corrected chi connectivity index (χ0v) is 13.4. The molecule has 2 aliphatic heterocycles. The lowest BCUT2D eigenvalue weighted by Gasteiger charge is -2.31. The standard InChI is InChI=1S/C17H26N4O/c1-19-10-12-20(13-11-19)14-17(22)18-15-4-6-16(7-5-15)21-8-2-3-9-21/h4-7H,2-3,8-14H2,1H3,(H,18,22). The maximum Gasteiger partial charge on any atom is 0.238 e. The molecule has 1 amide bonds. The van der Waals surface area contributed by atoms with Crippen LogP contribution in [0.15, 0.2) is 24.3 Å². The largest absolute Gasteiger partial charge is 0.372 e. The summed E-state index contributed by atoms with van der Waals surface area (Å²) in [6.07, 6.45) is 2.56. The topological polar surface area (TPSA) is 38.8 Å². The third-order valence-electron chi connectivity index (χ3n) is 4.59. The van der Waals surface area contributed by atoms with Gasteiger partial charge in [-0.2, -0.15) is 0 Å². The van der Waals surface area contributed by atoms with Crippen LogP contribution in [0.4, 0.5) is 11.4 Å². The second-order valence-corrected chi connectivity index (χ2v) is 6.37. The number of benzene rings is 1. The zero-order chi connectivity index (χ0) is 15.4. The second kappa shape index (κ2) is 7.11. The molecular weight excluding hydrogens is 276 g/mol. The Morgan fingerprint density at radius 2 is 1.64 bits per heavy atom. The van der Waals surface area contributed by atoms with Crippen LogP contribution in [0.2, 0.25) is 0 Å². The lowest BCUT2D eigenvalue weighted by atomic mass is 10.2. The second-order valence-electron chi connectivity index (χ2n) is 6.37. The van der Waals surface area contributed by atoms with E-state index in [9.17, 15) is 4.79 Å². The molecule has 1 N–H and O–H groups in total. The lowest BCUT2D eigenvalue weighted by Crippen LogP contribution is -2.47. The highest BCUT2D eigenvalue weighted by atomic mass is 16.2. The highest BCUT2D eigenvalue weighted by Crippen LogP contribution is 2.22. The minimum atomic E-state index is 0.0819. The van der Waals surface area contributed by atoms with E-state index in [4.69, 9.17) is 0 Å². The Hall–Kier alpha value is -1.59. The summed E-state index contributed by atoms with van der Waals surface area (Å²) < 4.78 is 0. The molecule has 0 aliphatic carbocycles. The van der Waals surface area contributed by atoms with Gasteiger partial charge in [-0.15, -0.1) is 0 Å². The van der Waals surface area contributed by atoms with E-state index in [-0.39, 0.29) is 5.91 Å². The van der Waals surface area contributed by atoms with Crippen molar-refractivity contribution in [3.05, 3.63) is 24.3 Å². The van der Waals surface area contributed by atoms with Crippen LogP contribution in [-0.4, -0.2) is 68.6 Å². The molecule has 0 saturated carbocycles. The van der Waals surface area contributed by atoms with E-state index < -0.39 is 0 Å². The highest BCUT2D eigenvalue weighted by Gasteiger charge is 2.17. The Morgan fingerprint density at radius 1 is 1.00 bits per heavy atom. The number of nitrogens with zero attached hydrogens (tertiary/aromatic N) is 3. The van der Waals surface area contributed by atoms with Crippen molar-refractivity contribution in [1.82, 2.24) is 9.80 Å². The van der Waals surface area contributed by atoms with Crippen molar-refractivity contribution < 1.29 is 4.79 Å². The lowest BCUT2D eigenvalue weighted by molar-refractivity contribution is -0.117. The van der Waals surface area contributed by atoms with Crippen LogP contribution in [-0.2, 0) is 4.79 Å². The van der Waals surface area contributed by atoms with E-state index in [1.165, 1.54) is 18.5 Å². The number of anilines is 2. The summed E-state index contributed by atoms with van der Waals surface area (Å²) in [5.74, 6) is 0.0819. The minimum absolute atomic E-state index is 0.0819. The number of hydrogen-bond donors (Lipinski definition) is 1. The molecule has 0 spiro atoms. The minimum Gasteiger partial charge on any atom is -0.372 e. The molecule has 0 atom stereocenters. The third-order valence-corrected chi connectivity index (χ3v) is 4.59. The summed E-state index contributed by atoms with van der Waals surface area (Å²) in [6.45, 7) is 6.80. The van der Waals surface area contributed by atoms with Crippen LogP contribution in [0.1, 0.15) is 12.8 Å². The number of amides is 1. The number of hydrogen-bond acceptors (Lipinski definition) is 4. The first-order valence-electron chi connectivity index (χ1n) is 8.26. The molecule has 1 aromatic carbocycles. The first-order valence-corrected chi connectivity index (χ1v) is 8.26. The third kappa shape index (κ3) is 3.99. The summed E-state index contributed by atoms with van der Waals surface area (Å²) in [4.78, 5) is 19.0. The van der Waals surface area contributed by atoms with Crippen LogP contribution in [0.25, 0.3) is 0 Å². The van der Waals surface area contributed by atoms with Gasteiger partial charge in [0.05, 0.1) is 6.54 Å². The number of carbonyl (C=O) groups is 1. The summed E-state index contributed by atoms with van der Waals surface area (Å²) in [5.41, 5.74) is 2.15. The van der Waals surface area contributed by atoms with Crippen LogP contribution >= 0.6 is 0 Å². The molecule has 0 aromatic heterocycles. The Kier molecular flexibility index (Phi) is 4.95. The number of carbonyl (C=O) groups excluding carboxylic acids is 1. The molecule has 2 fully saturated rings. The predicted octanol–water partition coefficient (Wildman–Crippen LogP) is 1.47. The Labute approximate surface area is 132 Å². The summed E-state index contributed by atoms with van der Waals surface area (Å²) in [6, 6.07) is 8.23. The van der Waals surface area contributed by atoms with Gasteiger partial charge in [-0.1, -0.05) is 0 Å². The van der Waals surface area contributed by atoms with E-state index in [0.717, 1.165) is 45.0 Å². The van der Waals surface area contributed by atoms with Crippen molar-refractivity contribution in [3.8, 4) is 0 Å². The molecule has 1 aromatic rings. The van der Waals surface area contributed by atoms with Crippen molar-refractivity contribution in [2.75, 3.05) is 63.1 Å². The van der Waals surface area contributed by atoms with E-state index in [1.807, 2.05) is 12.1 Å². The Bertz CT molecular complexity index is 488. The molecule has 0 unspecified atom stereocenters. The van der Waals surface area contributed by atoms with Crippen LogP contribution < -0.4 is 10.2 Å². The van der Waals surface area contributed by atoms with Gasteiger partial charge in [-0.25, -0.2) is 0 Å². The van der Waals surface area contributed by atoms with E-state index in [0.29, 0.717) is 6.54 Å². The van der Waals surface area contributed by atoms with Crippen LogP contribution in [0.5, 0.6) is 0 Å². The number of piperazine rings is 1. The molecule has 2 saturated heterocycles. The first kappa shape index (κ1) is 15.3. The van der Waals surface area contributed by atoms with Gasteiger partial charge in [-0.3, -0.25) is 9.69 Å². The SMILES string of the molecule is CN1CCN(CC(=O)Nc2ccc(N3CCCC3)cc2)CC1. The van der Waals surface area contributed by atoms with E-state index >= 15 is 0 Å². The Balaban J connectivity index is 1.48. The molecular formula is C17H26N4O. The van der Waals surface area contributed by atoms with Gasteiger partial charge in [-0.05, 0) is 44.2 Å². The number of likely N-dealkylation sites (N-methyl/N-ethyl adjacent to an activating group) is 1. The van der Waals surface area contributed by atoms with Crippen molar-refractivity contribution >= 4 is 17.3 Å². The van der Waals surface area contributed by atoms with Gasteiger partial charge in [0.15, 0.2) is 0 Å². The fourth-order valence-corrected chi connectivity index (χ4v) is 3.14. The van der Waals surface area contributed by atoms with Crippen molar-refractivity contribution in [2.45, 2.75) is 12.8 Å². The average molecular weight is 302 g/mol.